The number of benzene rings is 1. The second kappa shape index (κ2) is 9.25. The molecule has 0 saturated heterocycles. The van der Waals surface area contributed by atoms with Gasteiger partial charge in [0.15, 0.2) is 40.4 Å². The largest absolute Gasteiger partial charge is 0.507 e. The highest BCUT2D eigenvalue weighted by atomic mass is 16.3. The lowest BCUT2D eigenvalue weighted by Crippen LogP contribution is -2.74. The van der Waals surface area contributed by atoms with Crippen molar-refractivity contribution in [3.63, 3.8) is 0 Å². The van der Waals surface area contributed by atoms with Gasteiger partial charge >= 0.3 is 0 Å². The summed E-state index contributed by atoms with van der Waals surface area (Å²) in [5.74, 6) is -11.3. The number of carbonyl (C=O) groups is 6. The molecule has 0 aliphatic heterocycles. The summed E-state index contributed by atoms with van der Waals surface area (Å²) in [7, 11) is 6.56. The van der Waals surface area contributed by atoms with Crippen LogP contribution in [-0.4, -0.2) is 89.8 Å². The maximum atomic E-state index is 13.9. The number of aliphatic hydroxyl groups is 1. The molecule has 0 radical (unpaired) electrons. The highest BCUT2D eigenvalue weighted by molar-refractivity contribution is 6.32. The Morgan fingerprint density at radius 1 is 1.11 bits per heavy atom. The maximum absolute atomic E-state index is 13.9. The molecular weight excluding hydrogens is 494 g/mol. The molecule has 0 bridgehead atoms. The average Bonchev–Trinajstić information content (AvgIpc) is 2.80. The molecule has 4 N–H and O–H groups in total. The number of hydrogen-bond acceptors (Lipinski definition) is 10. The molecular formula is C27H31N3O8. The first-order valence-electron chi connectivity index (χ1n) is 12.2. The molecule has 1 amide bonds. The van der Waals surface area contributed by atoms with Crippen LogP contribution < -0.4 is 10.6 Å². The van der Waals surface area contributed by atoms with Crippen LogP contribution in [0.15, 0.2) is 12.1 Å². The summed E-state index contributed by atoms with van der Waals surface area (Å²) in [6.07, 6.45) is 2.73. The van der Waals surface area contributed by atoms with Crippen LogP contribution >= 0.6 is 0 Å². The molecule has 11 nitrogen and oxygen atoms in total. The van der Waals surface area contributed by atoms with E-state index in [0.717, 1.165) is 0 Å². The molecule has 0 heterocycles. The van der Waals surface area contributed by atoms with E-state index in [0.29, 0.717) is 11.3 Å². The summed E-state index contributed by atoms with van der Waals surface area (Å²) in [6, 6.07) is 0.480. The van der Waals surface area contributed by atoms with Crippen molar-refractivity contribution < 1.29 is 39.0 Å². The number of phenols is 1. The number of amides is 1. The number of likely N-dealkylation sites (N-methyl/N-ethyl adjacent to an activating group) is 1. The van der Waals surface area contributed by atoms with Gasteiger partial charge in [0.1, 0.15) is 5.75 Å². The molecule has 3 aliphatic carbocycles. The third kappa shape index (κ3) is 3.80. The Kier molecular flexibility index (Phi) is 6.65. The molecule has 38 heavy (non-hydrogen) atoms. The van der Waals surface area contributed by atoms with Crippen LogP contribution in [-0.2, 0) is 30.4 Å². The number of fused-ring (bicyclic) bond motifs is 3. The first-order valence-corrected chi connectivity index (χ1v) is 12.2. The summed E-state index contributed by atoms with van der Waals surface area (Å²) in [5, 5.41) is 22.7. The molecule has 1 aromatic rings. The third-order valence-electron chi connectivity index (χ3n) is 8.05. The van der Waals surface area contributed by atoms with Crippen LogP contribution in [0.2, 0.25) is 0 Å². The lowest BCUT2D eigenvalue weighted by atomic mass is 9.52. The first-order chi connectivity index (χ1) is 17.6. The number of allylic oxidation sites excluding steroid dienone is 1. The highest BCUT2D eigenvalue weighted by Crippen LogP contribution is 2.52. The number of primary amides is 1. The highest BCUT2D eigenvalue weighted by Gasteiger charge is 2.69. The Bertz CT molecular complexity index is 1330. The summed E-state index contributed by atoms with van der Waals surface area (Å²) < 4.78 is 0. The van der Waals surface area contributed by atoms with Gasteiger partial charge in [-0.2, -0.15) is 0 Å². The van der Waals surface area contributed by atoms with Gasteiger partial charge in [-0.25, -0.2) is 0 Å². The van der Waals surface area contributed by atoms with Gasteiger partial charge < -0.3 is 20.8 Å². The van der Waals surface area contributed by atoms with E-state index in [2.05, 4.69) is 0 Å². The third-order valence-corrected chi connectivity index (χ3v) is 8.05. The zero-order chi connectivity index (χ0) is 28.4. The second-order valence-electron chi connectivity index (χ2n) is 10.8. The Hall–Kier alpha value is -3.70. The number of hydrogen-bond donors (Lipinski definition) is 3. The second-order valence-corrected chi connectivity index (χ2v) is 10.8. The normalized spacial score (nSPS) is 30.8. The zero-order valence-corrected chi connectivity index (χ0v) is 21.8. The van der Waals surface area contributed by atoms with Crippen LogP contribution in [0.25, 0.3) is 6.08 Å². The standard InChI is InChI=1S/C27H31N3O8/c1-11(31)6-7-12-10-16(29(2)3)14-8-13-9-15-20(30(4)5)23(34)19(26(28)37)25(36)27(15,38)24(35)17(13)22(33)18(14)21(12)32/h6-7,10,13,15,17,19-20,32,38H,8-9H2,1-5H3,(H2,28,37)/b7-6+/t13-,15-,17?,19?,20-,27-/m0/s1. The van der Waals surface area contributed by atoms with Crippen molar-refractivity contribution in [2.75, 3.05) is 33.1 Å². The fourth-order valence-corrected chi connectivity index (χ4v) is 6.41. The van der Waals surface area contributed by atoms with Crippen LogP contribution in [0, 0.1) is 23.7 Å². The summed E-state index contributed by atoms with van der Waals surface area (Å²) >= 11 is 0. The van der Waals surface area contributed by atoms with Gasteiger partial charge in [-0.15, -0.1) is 0 Å². The van der Waals surface area contributed by atoms with Gasteiger partial charge in [0.05, 0.1) is 17.5 Å². The molecule has 4 rings (SSSR count). The van der Waals surface area contributed by atoms with Crippen LogP contribution in [0.3, 0.4) is 0 Å². The lowest BCUT2D eigenvalue weighted by molar-refractivity contribution is -0.181. The summed E-state index contributed by atoms with van der Waals surface area (Å²) in [6.45, 7) is 1.33. The Balaban J connectivity index is 1.91. The number of phenolic OH excluding ortho intramolecular Hbond substituents is 1. The molecule has 3 aliphatic rings. The Morgan fingerprint density at radius 3 is 2.26 bits per heavy atom. The van der Waals surface area contributed by atoms with E-state index < -0.39 is 70.1 Å². The topological polar surface area (TPSA) is 175 Å². The fourth-order valence-electron chi connectivity index (χ4n) is 6.41. The monoisotopic (exact) mass is 525 g/mol. The van der Waals surface area contributed by atoms with Gasteiger partial charge in [-0.3, -0.25) is 33.7 Å². The van der Waals surface area contributed by atoms with Gasteiger partial charge in [-0.1, -0.05) is 0 Å². The molecule has 1 aromatic carbocycles. The molecule has 11 heteroatoms. The smallest absolute Gasteiger partial charge is 0.235 e. The number of Topliss-reactive ketones (excluding diaryl/α,β-unsaturated/α-hetero) is 4. The van der Waals surface area contributed by atoms with Crippen LogP contribution in [0.5, 0.6) is 5.75 Å². The van der Waals surface area contributed by atoms with Gasteiger partial charge in [-0.05, 0) is 63.6 Å². The predicted molar refractivity (Wildman–Crippen MR) is 135 cm³/mol. The number of anilines is 1. The maximum Gasteiger partial charge on any atom is 0.235 e. The van der Waals surface area contributed by atoms with Crippen molar-refractivity contribution in [3.05, 3.63) is 28.8 Å². The van der Waals surface area contributed by atoms with E-state index in [9.17, 15) is 39.0 Å². The van der Waals surface area contributed by atoms with Gasteiger partial charge in [0.2, 0.25) is 5.91 Å². The van der Waals surface area contributed by atoms with E-state index >= 15 is 0 Å². The molecule has 202 valence electrons. The average molecular weight is 526 g/mol. The van der Waals surface area contributed by atoms with Crippen molar-refractivity contribution in [2.45, 2.75) is 31.4 Å². The summed E-state index contributed by atoms with van der Waals surface area (Å²) in [4.78, 5) is 81.0. The Morgan fingerprint density at radius 2 is 1.74 bits per heavy atom. The summed E-state index contributed by atoms with van der Waals surface area (Å²) in [5.41, 5.74) is 3.71. The van der Waals surface area contributed by atoms with E-state index in [4.69, 9.17) is 5.73 Å². The van der Waals surface area contributed by atoms with Crippen LogP contribution in [0.4, 0.5) is 5.69 Å². The van der Waals surface area contributed by atoms with E-state index in [-0.39, 0.29) is 29.8 Å². The van der Waals surface area contributed by atoms with E-state index in [1.54, 1.807) is 25.1 Å². The SMILES string of the molecule is CC(=O)/C=C/c1cc(N(C)C)c2c(c1O)C(=O)C1C(=O)[C@]3(O)C(=O)C(C(N)=O)C(=O)[C@@H](N(C)C)[C@@H]3C[C@@H]1C2. The molecule has 2 unspecified atom stereocenters. The Labute approximate surface area is 219 Å². The number of rotatable bonds is 5. The predicted octanol–water partition coefficient (Wildman–Crippen LogP) is -0.465. The lowest BCUT2D eigenvalue weighted by Gasteiger charge is -2.52. The number of aromatic hydroxyl groups is 1. The van der Waals surface area contributed by atoms with Crippen molar-refractivity contribution in [1.82, 2.24) is 4.90 Å². The van der Waals surface area contributed by atoms with E-state index in [1.165, 1.54) is 38.1 Å². The first kappa shape index (κ1) is 27.3. The number of carbonyl (C=O) groups excluding carboxylic acids is 6. The van der Waals surface area contributed by atoms with Crippen LogP contribution in [0.1, 0.15) is 34.8 Å². The molecule has 2 saturated carbocycles. The minimum absolute atomic E-state index is 0.0243. The van der Waals surface area contributed by atoms with Gasteiger partial charge in [0.25, 0.3) is 0 Å². The number of nitrogens with two attached hydrogens (primary N) is 1. The van der Waals surface area contributed by atoms with Crippen molar-refractivity contribution >= 4 is 46.6 Å². The quantitative estimate of drug-likeness (QED) is 0.337. The zero-order valence-electron chi connectivity index (χ0n) is 21.8. The van der Waals surface area contributed by atoms with Gasteiger partial charge in [0, 0.05) is 31.3 Å². The van der Waals surface area contributed by atoms with Crippen molar-refractivity contribution in [3.8, 4) is 5.75 Å². The number of nitrogens with zero attached hydrogens (tertiary/aromatic N) is 2. The molecule has 2 fully saturated rings. The molecule has 0 aromatic heterocycles. The molecule has 6 atom stereocenters. The number of ketones is 5. The van der Waals surface area contributed by atoms with E-state index in [1.807, 2.05) is 0 Å². The van der Waals surface area contributed by atoms with Crippen molar-refractivity contribution in [1.29, 1.82) is 0 Å². The molecule has 0 spiro atoms. The van der Waals surface area contributed by atoms with Crippen molar-refractivity contribution in [2.24, 2.45) is 29.4 Å². The minimum atomic E-state index is -2.77. The minimum Gasteiger partial charge on any atom is -0.507 e. The fraction of sp³-hybridized carbons (Fsp3) is 0.481.